The zero-order chi connectivity index (χ0) is 21.3. The Hall–Kier alpha value is -1.60. The number of piperidine rings is 1. The lowest BCUT2D eigenvalue weighted by Gasteiger charge is -2.39. The number of nitrogens with two attached hydrogens (primary N) is 2. The maximum atomic E-state index is 10.5. The average molecular weight is 431 g/mol. The quantitative estimate of drug-likeness (QED) is 0.354. The van der Waals surface area contributed by atoms with Gasteiger partial charge in [-0.05, 0) is 93.5 Å². The molecule has 1 aromatic carbocycles. The van der Waals surface area contributed by atoms with Crippen LogP contribution in [0.4, 0.5) is 5.69 Å². The third kappa shape index (κ3) is 6.22. The lowest BCUT2D eigenvalue weighted by atomic mass is 9.83. The normalized spacial score (nSPS) is 24.4. The number of anilines is 1. The molecule has 0 aromatic heterocycles. The molecular formula is C25H42N4O2. The molecule has 3 fully saturated rings. The highest BCUT2D eigenvalue weighted by molar-refractivity contribution is 5.54. The van der Waals surface area contributed by atoms with Gasteiger partial charge in [-0.2, -0.15) is 0 Å². The van der Waals surface area contributed by atoms with Crippen LogP contribution in [0.3, 0.4) is 0 Å². The molecule has 2 saturated carbocycles. The summed E-state index contributed by atoms with van der Waals surface area (Å²) < 4.78 is 0. The van der Waals surface area contributed by atoms with Crippen molar-refractivity contribution in [2.45, 2.75) is 77.4 Å². The van der Waals surface area contributed by atoms with Crippen molar-refractivity contribution >= 4 is 5.69 Å². The minimum absolute atomic E-state index is 0. The van der Waals surface area contributed by atoms with Gasteiger partial charge in [-0.1, -0.05) is 13.5 Å². The number of rotatable bonds is 9. The van der Waals surface area contributed by atoms with Crippen LogP contribution < -0.4 is 16.6 Å². The monoisotopic (exact) mass is 430 g/mol. The van der Waals surface area contributed by atoms with Gasteiger partial charge in [0.25, 0.3) is 0 Å². The van der Waals surface area contributed by atoms with E-state index in [1.165, 1.54) is 36.8 Å². The maximum absolute atomic E-state index is 10.5. The zero-order valence-corrected chi connectivity index (χ0v) is 18.3. The number of hydrogen-bond donors (Lipinski definition) is 4. The summed E-state index contributed by atoms with van der Waals surface area (Å²) in [6.07, 6.45) is 9.88. The largest absolute Gasteiger partial charge is 0.401 e. The van der Waals surface area contributed by atoms with Crippen LogP contribution in [0.25, 0.3) is 0 Å². The van der Waals surface area contributed by atoms with Gasteiger partial charge in [0.15, 0.2) is 0 Å². The highest BCUT2D eigenvalue weighted by Gasteiger charge is 2.35. The van der Waals surface area contributed by atoms with Crippen LogP contribution in [0.1, 0.15) is 76.3 Å². The smallest absolute Gasteiger partial charge is 0.0889 e. The second-order valence-corrected chi connectivity index (χ2v) is 10.0. The molecule has 1 saturated heterocycles. The number of allylic oxidation sites excluding steroid dienone is 1. The Labute approximate surface area is 187 Å². The maximum Gasteiger partial charge on any atom is 0.0889 e. The summed E-state index contributed by atoms with van der Waals surface area (Å²) >= 11 is 0. The molecule has 0 amide bonds. The summed E-state index contributed by atoms with van der Waals surface area (Å²) in [7, 11) is 0. The molecule has 2 atom stereocenters. The predicted molar refractivity (Wildman–Crippen MR) is 127 cm³/mol. The number of hydrogen-bond acceptors (Lipinski definition) is 6. The predicted octanol–water partition coefficient (Wildman–Crippen LogP) is 3.44. The zero-order valence-electron chi connectivity index (χ0n) is 18.3. The number of likely N-dealkylation sites (tertiary alicyclic amines) is 1. The molecule has 1 aromatic rings. The summed E-state index contributed by atoms with van der Waals surface area (Å²) in [5.74, 6) is 7.80. The highest BCUT2D eigenvalue weighted by Crippen LogP contribution is 2.43. The second-order valence-electron chi connectivity index (χ2n) is 10.0. The summed E-state index contributed by atoms with van der Waals surface area (Å²) in [6, 6.07) is 6.54. The van der Waals surface area contributed by atoms with Gasteiger partial charge in [-0.3, -0.25) is 9.91 Å². The Bertz CT molecular complexity index is 771. The van der Waals surface area contributed by atoms with Crippen molar-refractivity contribution in [3.8, 4) is 0 Å². The Morgan fingerprint density at radius 3 is 2.65 bits per heavy atom. The van der Waals surface area contributed by atoms with Crippen molar-refractivity contribution in [2.75, 3.05) is 24.7 Å². The second kappa shape index (κ2) is 9.90. The fourth-order valence-electron chi connectivity index (χ4n) is 4.70. The first-order valence-corrected chi connectivity index (χ1v) is 11.5. The average Bonchev–Trinajstić information content (AvgIpc) is 3.63. The van der Waals surface area contributed by atoms with Crippen molar-refractivity contribution in [3.05, 3.63) is 41.2 Å². The first-order valence-electron chi connectivity index (χ1n) is 11.5. The topological polar surface area (TPSA) is 99.0 Å². The van der Waals surface area contributed by atoms with Crippen molar-refractivity contribution in [2.24, 2.45) is 23.4 Å². The van der Waals surface area contributed by atoms with Crippen LogP contribution in [-0.4, -0.2) is 40.4 Å². The molecule has 0 radical (unpaired) electrons. The molecule has 174 valence electrons. The van der Waals surface area contributed by atoms with Gasteiger partial charge in [-0.25, -0.2) is 5.84 Å². The van der Waals surface area contributed by atoms with Gasteiger partial charge < -0.3 is 15.9 Å². The Morgan fingerprint density at radius 1 is 1.26 bits per heavy atom. The summed E-state index contributed by atoms with van der Waals surface area (Å²) in [5, 5.41) is 21.7. The van der Waals surface area contributed by atoms with Crippen molar-refractivity contribution in [1.29, 1.82) is 0 Å². The van der Waals surface area contributed by atoms with Gasteiger partial charge in [0.1, 0.15) is 0 Å². The molecule has 6 heteroatoms. The Balaban J connectivity index is 0.00000272. The van der Waals surface area contributed by atoms with Gasteiger partial charge in [-0.15, -0.1) is 0 Å². The van der Waals surface area contributed by atoms with Crippen LogP contribution in [0.15, 0.2) is 30.1 Å². The van der Waals surface area contributed by atoms with E-state index in [9.17, 15) is 10.2 Å². The molecule has 0 bridgehead atoms. The number of benzene rings is 1. The fourth-order valence-corrected chi connectivity index (χ4v) is 4.70. The van der Waals surface area contributed by atoms with Crippen LogP contribution in [0, 0.1) is 11.8 Å². The molecule has 6 N–H and O–H groups in total. The molecule has 2 aliphatic carbocycles. The molecule has 0 spiro atoms. The summed E-state index contributed by atoms with van der Waals surface area (Å²) in [5.41, 5.74) is 9.76. The van der Waals surface area contributed by atoms with Gasteiger partial charge >= 0.3 is 0 Å². The first-order chi connectivity index (χ1) is 14.4. The molecule has 6 nitrogen and oxygen atoms in total. The Kier molecular flexibility index (Phi) is 7.68. The molecule has 3 aliphatic rings. The summed E-state index contributed by atoms with van der Waals surface area (Å²) in [4.78, 5) is 2.42. The minimum Gasteiger partial charge on any atom is -0.401 e. The van der Waals surface area contributed by atoms with E-state index in [-0.39, 0.29) is 20.0 Å². The highest BCUT2D eigenvalue weighted by atomic mass is 16.3. The van der Waals surface area contributed by atoms with Crippen LogP contribution in [0.2, 0.25) is 0 Å². The molecular weight excluding hydrogens is 388 g/mol. The number of hydrazine groups is 1. The standard InChI is InChI=1S/C24H38N4O2.CH4/c1-24(30,16-29)20-3-2-10-27(14-20)13-19-8-9-22(12-23(19)18-6-7-18)28(26)15-21(25)11-17-4-5-17;/h8-9,12,15,17-18,20,29-30H,2-7,10-11,13-14,16,25-26H2,1H3;1H4/b21-15-;/t20?,24-;/m1./s1. The van der Waals surface area contributed by atoms with E-state index in [1.807, 2.05) is 6.20 Å². The lowest BCUT2D eigenvalue weighted by Crippen LogP contribution is -2.48. The van der Waals surface area contributed by atoms with Crippen molar-refractivity contribution in [3.63, 3.8) is 0 Å². The van der Waals surface area contributed by atoms with Gasteiger partial charge in [0, 0.05) is 30.9 Å². The summed E-state index contributed by atoms with van der Waals surface area (Å²) in [6.45, 7) is 4.31. The fraction of sp³-hybridized carbons (Fsp3) is 0.680. The van der Waals surface area contributed by atoms with Crippen LogP contribution in [0.5, 0.6) is 0 Å². The van der Waals surface area contributed by atoms with E-state index in [1.54, 1.807) is 11.9 Å². The third-order valence-corrected chi connectivity index (χ3v) is 7.07. The third-order valence-electron chi connectivity index (χ3n) is 7.07. The Morgan fingerprint density at radius 2 is 2.00 bits per heavy atom. The molecule has 1 heterocycles. The lowest BCUT2D eigenvalue weighted by molar-refractivity contribution is -0.0697. The van der Waals surface area contributed by atoms with E-state index < -0.39 is 5.60 Å². The van der Waals surface area contributed by atoms with Crippen molar-refractivity contribution in [1.82, 2.24) is 4.90 Å². The molecule has 4 rings (SSSR count). The molecule has 1 aliphatic heterocycles. The van der Waals surface area contributed by atoms with Crippen molar-refractivity contribution < 1.29 is 10.2 Å². The minimum atomic E-state index is -1.01. The van der Waals surface area contributed by atoms with Crippen LogP contribution in [-0.2, 0) is 6.54 Å². The SMILES string of the molecule is C.C[C@@](O)(CO)C1CCCN(Cc2ccc(N(N)/C=C(\N)CC3CC3)cc2C2CC2)C1. The van der Waals surface area contributed by atoms with Gasteiger partial charge in [0.05, 0.1) is 17.9 Å². The van der Waals surface area contributed by atoms with E-state index in [4.69, 9.17) is 11.6 Å². The molecule has 1 unspecified atom stereocenters. The number of aliphatic hydroxyl groups is 2. The van der Waals surface area contributed by atoms with E-state index in [2.05, 4.69) is 23.1 Å². The number of nitrogens with zero attached hydrogens (tertiary/aromatic N) is 2. The van der Waals surface area contributed by atoms with Gasteiger partial charge in [0.2, 0.25) is 0 Å². The molecule has 31 heavy (non-hydrogen) atoms. The van der Waals surface area contributed by atoms with E-state index in [0.717, 1.165) is 56.2 Å². The van der Waals surface area contributed by atoms with E-state index in [0.29, 0.717) is 5.92 Å². The van der Waals surface area contributed by atoms with Crippen LogP contribution >= 0.6 is 0 Å². The first kappa shape index (κ1) is 24.1. The van der Waals surface area contributed by atoms with E-state index >= 15 is 0 Å². The number of aliphatic hydroxyl groups excluding tert-OH is 1.